The summed E-state index contributed by atoms with van der Waals surface area (Å²) in [6, 6.07) is 6.15. The molecule has 1 aromatic carbocycles. The number of nitrogens with one attached hydrogen (secondary N) is 2. The lowest BCUT2D eigenvalue weighted by molar-refractivity contribution is 1.05. The van der Waals surface area contributed by atoms with Gasteiger partial charge in [0, 0.05) is 22.0 Å². The van der Waals surface area contributed by atoms with Crippen LogP contribution in [0.1, 0.15) is 11.3 Å². The topological polar surface area (TPSA) is 70.2 Å². The molecule has 0 fully saturated rings. The maximum absolute atomic E-state index is 4.77. The van der Waals surface area contributed by atoms with Gasteiger partial charge in [-0.3, -0.25) is 10.2 Å². The van der Waals surface area contributed by atoms with Crippen LogP contribution in [0.2, 0.25) is 0 Å². The Morgan fingerprint density at radius 2 is 1.85 bits per heavy atom. The Bertz CT molecular complexity index is 932. The predicted molar refractivity (Wildman–Crippen MR) is 78.5 cm³/mol. The molecule has 0 atom stereocenters. The Morgan fingerprint density at radius 1 is 1.00 bits per heavy atom. The second kappa shape index (κ2) is 3.90. The smallest absolute Gasteiger partial charge is 0.0746 e. The first-order chi connectivity index (χ1) is 9.74. The molecule has 0 bridgehead atoms. The Kier molecular flexibility index (Phi) is 2.18. The van der Waals surface area contributed by atoms with Crippen molar-refractivity contribution in [3.63, 3.8) is 0 Å². The molecule has 0 amide bonds. The second-order valence-electron chi connectivity index (χ2n) is 5.02. The van der Waals surface area contributed by atoms with Crippen LogP contribution in [0.4, 0.5) is 0 Å². The van der Waals surface area contributed by atoms with E-state index in [1.165, 1.54) is 5.56 Å². The molecule has 5 nitrogen and oxygen atoms in total. The highest BCUT2D eigenvalue weighted by Crippen LogP contribution is 2.29. The fraction of sp³-hybridized carbons (Fsp3) is 0.133. The molecule has 5 heteroatoms. The van der Waals surface area contributed by atoms with Gasteiger partial charge < -0.3 is 0 Å². The number of fused-ring (bicyclic) bond motifs is 3. The number of nitrogens with zero attached hydrogens (tertiary/aromatic N) is 3. The van der Waals surface area contributed by atoms with E-state index in [1.807, 2.05) is 31.5 Å². The van der Waals surface area contributed by atoms with Gasteiger partial charge in [-0.1, -0.05) is 0 Å². The van der Waals surface area contributed by atoms with Crippen molar-refractivity contribution in [3.05, 3.63) is 41.9 Å². The van der Waals surface area contributed by atoms with Gasteiger partial charge in [0.15, 0.2) is 0 Å². The largest absolute Gasteiger partial charge is 0.282 e. The van der Waals surface area contributed by atoms with Gasteiger partial charge in [-0.25, -0.2) is 4.98 Å². The molecule has 0 aliphatic heterocycles. The first kappa shape index (κ1) is 11.2. The summed E-state index contributed by atoms with van der Waals surface area (Å²) in [5, 5.41) is 16.4. The molecule has 0 saturated heterocycles. The van der Waals surface area contributed by atoms with Crippen LogP contribution in [0.3, 0.4) is 0 Å². The molecule has 0 saturated carbocycles. The third-order valence-corrected chi connectivity index (χ3v) is 3.70. The molecule has 3 aromatic heterocycles. The molecule has 0 aliphatic carbocycles. The highest BCUT2D eigenvalue weighted by Gasteiger charge is 2.11. The van der Waals surface area contributed by atoms with Crippen molar-refractivity contribution >= 4 is 21.8 Å². The molecule has 0 radical (unpaired) electrons. The van der Waals surface area contributed by atoms with Crippen molar-refractivity contribution in [2.75, 3.05) is 0 Å². The fourth-order valence-corrected chi connectivity index (χ4v) is 2.70. The van der Waals surface area contributed by atoms with Crippen molar-refractivity contribution in [1.82, 2.24) is 25.4 Å². The van der Waals surface area contributed by atoms with Gasteiger partial charge in [-0.05, 0) is 37.6 Å². The molecule has 0 unspecified atom stereocenters. The minimum absolute atomic E-state index is 0.948. The quantitative estimate of drug-likeness (QED) is 0.554. The fourth-order valence-electron chi connectivity index (χ4n) is 2.70. The Morgan fingerprint density at radius 3 is 2.65 bits per heavy atom. The van der Waals surface area contributed by atoms with Crippen LogP contribution in [-0.2, 0) is 0 Å². The number of H-pyrrole nitrogens is 2. The van der Waals surface area contributed by atoms with Gasteiger partial charge in [0.2, 0.25) is 0 Å². The number of aryl methyl sites for hydroxylation is 2. The van der Waals surface area contributed by atoms with E-state index in [2.05, 4.69) is 33.4 Å². The van der Waals surface area contributed by atoms with Crippen LogP contribution in [0.25, 0.3) is 33.1 Å². The molecule has 4 rings (SSSR count). The highest BCUT2D eigenvalue weighted by atomic mass is 15.1. The summed E-state index contributed by atoms with van der Waals surface area (Å²) in [4.78, 5) is 4.77. The van der Waals surface area contributed by atoms with Crippen molar-refractivity contribution < 1.29 is 0 Å². The van der Waals surface area contributed by atoms with Crippen LogP contribution in [0.5, 0.6) is 0 Å². The van der Waals surface area contributed by atoms with E-state index < -0.39 is 0 Å². The zero-order chi connectivity index (χ0) is 13.7. The SMILES string of the molecule is Cc1[nH]ncc1-c1cc(C)c2c(ccc3[nH]ncc32)n1. The molecule has 2 N–H and O–H groups in total. The van der Waals surface area contributed by atoms with Gasteiger partial charge in [0.25, 0.3) is 0 Å². The number of benzene rings is 1. The number of aromatic amines is 2. The number of hydrogen-bond acceptors (Lipinski definition) is 3. The first-order valence-electron chi connectivity index (χ1n) is 6.48. The van der Waals surface area contributed by atoms with E-state index in [1.54, 1.807) is 0 Å². The molecule has 3 heterocycles. The van der Waals surface area contributed by atoms with E-state index in [9.17, 15) is 0 Å². The van der Waals surface area contributed by atoms with E-state index in [-0.39, 0.29) is 0 Å². The monoisotopic (exact) mass is 263 g/mol. The minimum atomic E-state index is 0.948. The summed E-state index contributed by atoms with van der Waals surface area (Å²) in [7, 11) is 0. The number of aromatic nitrogens is 5. The molecule has 0 spiro atoms. The summed E-state index contributed by atoms with van der Waals surface area (Å²) in [5.41, 5.74) is 6.23. The zero-order valence-corrected chi connectivity index (χ0v) is 11.2. The lowest BCUT2D eigenvalue weighted by Gasteiger charge is -2.07. The lowest BCUT2D eigenvalue weighted by Crippen LogP contribution is -1.90. The Hall–Kier alpha value is -2.69. The number of hydrogen-bond donors (Lipinski definition) is 2. The van der Waals surface area contributed by atoms with E-state index >= 15 is 0 Å². The van der Waals surface area contributed by atoms with Gasteiger partial charge >= 0.3 is 0 Å². The van der Waals surface area contributed by atoms with E-state index in [0.29, 0.717) is 0 Å². The summed E-state index contributed by atoms with van der Waals surface area (Å²) in [6.45, 7) is 4.11. The third-order valence-electron chi connectivity index (χ3n) is 3.70. The normalized spacial score (nSPS) is 11.5. The molecular formula is C15H13N5. The van der Waals surface area contributed by atoms with Crippen molar-refractivity contribution in [1.29, 1.82) is 0 Å². The van der Waals surface area contributed by atoms with Crippen molar-refractivity contribution in [3.8, 4) is 11.3 Å². The Balaban J connectivity index is 2.08. The maximum Gasteiger partial charge on any atom is 0.0746 e. The second-order valence-corrected chi connectivity index (χ2v) is 5.02. The first-order valence-corrected chi connectivity index (χ1v) is 6.48. The van der Waals surface area contributed by atoms with E-state index in [0.717, 1.165) is 38.8 Å². The van der Waals surface area contributed by atoms with Crippen LogP contribution < -0.4 is 0 Å². The van der Waals surface area contributed by atoms with Gasteiger partial charge in [-0.2, -0.15) is 10.2 Å². The molecule has 98 valence electrons. The third kappa shape index (κ3) is 1.46. The summed E-state index contributed by atoms with van der Waals surface area (Å²) >= 11 is 0. The van der Waals surface area contributed by atoms with Crippen LogP contribution in [-0.4, -0.2) is 25.4 Å². The van der Waals surface area contributed by atoms with E-state index in [4.69, 9.17) is 4.98 Å². The molecular weight excluding hydrogens is 250 g/mol. The van der Waals surface area contributed by atoms with Gasteiger partial charge in [-0.15, -0.1) is 0 Å². The van der Waals surface area contributed by atoms with Gasteiger partial charge in [0.1, 0.15) is 0 Å². The minimum Gasteiger partial charge on any atom is -0.282 e. The van der Waals surface area contributed by atoms with Crippen LogP contribution >= 0.6 is 0 Å². The summed E-state index contributed by atoms with van der Waals surface area (Å²) in [5.74, 6) is 0. The average molecular weight is 263 g/mol. The summed E-state index contributed by atoms with van der Waals surface area (Å²) < 4.78 is 0. The standard InChI is InChI=1S/C15H13N5/c1-8-5-14(10-6-16-19-9(10)2)18-13-4-3-12-11(15(8)13)7-17-20-12/h3-7H,1-2H3,(H,16,19)(H,17,20). The zero-order valence-electron chi connectivity index (χ0n) is 11.2. The van der Waals surface area contributed by atoms with Crippen molar-refractivity contribution in [2.24, 2.45) is 0 Å². The van der Waals surface area contributed by atoms with Crippen molar-refractivity contribution in [2.45, 2.75) is 13.8 Å². The van der Waals surface area contributed by atoms with Crippen LogP contribution in [0.15, 0.2) is 30.6 Å². The average Bonchev–Trinajstić information content (AvgIpc) is 3.06. The maximum atomic E-state index is 4.77. The predicted octanol–water partition coefficient (Wildman–Crippen LogP) is 3.12. The molecule has 4 aromatic rings. The van der Waals surface area contributed by atoms with Gasteiger partial charge in [0.05, 0.1) is 29.1 Å². The number of pyridine rings is 1. The Labute approximate surface area is 115 Å². The molecule has 0 aliphatic rings. The summed E-state index contributed by atoms with van der Waals surface area (Å²) in [6.07, 6.45) is 3.68. The number of rotatable bonds is 1. The molecule has 20 heavy (non-hydrogen) atoms. The van der Waals surface area contributed by atoms with Crippen LogP contribution in [0, 0.1) is 13.8 Å². The lowest BCUT2D eigenvalue weighted by atomic mass is 10.0. The highest BCUT2D eigenvalue weighted by molar-refractivity contribution is 6.06.